The van der Waals surface area contributed by atoms with Crippen LogP contribution in [-0.4, -0.2) is 9.42 Å². The summed E-state index contributed by atoms with van der Waals surface area (Å²) in [5, 5.41) is 0. The van der Waals surface area contributed by atoms with Crippen LogP contribution >= 0.6 is 35.0 Å². The Morgan fingerprint density at radius 1 is 1.14 bits per heavy atom. The maximum Gasteiger partial charge on any atom is 0.0804 e. The molecule has 42 valence electrons. The molecule has 0 aromatic rings. The molecule has 0 aromatic carbocycles. The fraction of sp³-hybridized carbons (Fsp3) is 1.00. The van der Waals surface area contributed by atoms with Crippen molar-refractivity contribution in [3.8, 4) is 0 Å². The average molecular weight is 157 g/mol. The Hall–Kier alpha value is 0.930. The van der Waals surface area contributed by atoms with E-state index in [9.17, 15) is 0 Å². The second-order valence-electron chi connectivity index (χ2n) is 1.53. The number of halogens is 2. The van der Waals surface area contributed by atoms with Crippen LogP contribution in [0.3, 0.4) is 0 Å². The second kappa shape index (κ2) is 2.47. The Morgan fingerprint density at radius 2 is 1.57 bits per heavy atom. The first kappa shape index (κ1) is 6.06. The Morgan fingerprint density at radius 3 is 1.71 bits per heavy atom. The van der Waals surface area contributed by atoms with E-state index in [0.717, 1.165) is 12.8 Å². The fourth-order valence-electron chi connectivity index (χ4n) is 0.558. The van der Waals surface area contributed by atoms with Gasteiger partial charge in [-0.05, 0) is 12.8 Å². The smallest absolute Gasteiger partial charge is 0.0804 e. The van der Waals surface area contributed by atoms with E-state index in [1.165, 1.54) is 0 Å². The number of hydrogen-bond acceptors (Lipinski definition) is 1. The van der Waals surface area contributed by atoms with E-state index in [4.69, 9.17) is 23.2 Å². The van der Waals surface area contributed by atoms with E-state index in [-0.39, 0.29) is 9.42 Å². The number of alkyl halides is 2. The van der Waals surface area contributed by atoms with Gasteiger partial charge in [0.1, 0.15) is 0 Å². The van der Waals surface area contributed by atoms with Crippen molar-refractivity contribution in [1.29, 1.82) is 0 Å². The van der Waals surface area contributed by atoms with E-state index in [2.05, 4.69) is 0 Å². The van der Waals surface area contributed by atoms with Gasteiger partial charge in [-0.2, -0.15) is 0 Å². The molecule has 0 saturated carbocycles. The highest BCUT2D eigenvalue weighted by molar-refractivity contribution is 8.03. The summed E-state index contributed by atoms with van der Waals surface area (Å²) in [5.74, 6) is 0. The van der Waals surface area contributed by atoms with Crippen molar-refractivity contribution in [2.24, 2.45) is 0 Å². The van der Waals surface area contributed by atoms with Crippen LogP contribution in [0.15, 0.2) is 0 Å². The van der Waals surface area contributed by atoms with Crippen molar-refractivity contribution in [2.45, 2.75) is 22.3 Å². The predicted molar refractivity (Wildman–Crippen MR) is 36.1 cm³/mol. The summed E-state index contributed by atoms with van der Waals surface area (Å²) in [5.41, 5.74) is 0. The van der Waals surface area contributed by atoms with Crippen LogP contribution in [0.4, 0.5) is 0 Å². The van der Waals surface area contributed by atoms with Crippen molar-refractivity contribution < 1.29 is 0 Å². The van der Waals surface area contributed by atoms with E-state index in [1.54, 1.807) is 11.8 Å². The molecule has 1 fully saturated rings. The largest absolute Gasteiger partial charge is 0.123 e. The molecule has 1 saturated heterocycles. The van der Waals surface area contributed by atoms with E-state index in [1.807, 2.05) is 0 Å². The lowest BCUT2D eigenvalue weighted by Gasteiger charge is -1.92. The Labute approximate surface area is 57.6 Å². The lowest BCUT2D eigenvalue weighted by atomic mass is 10.4. The van der Waals surface area contributed by atoms with Gasteiger partial charge in [-0.15, -0.1) is 35.0 Å². The van der Waals surface area contributed by atoms with Crippen LogP contribution < -0.4 is 0 Å². The maximum atomic E-state index is 5.69. The van der Waals surface area contributed by atoms with Crippen molar-refractivity contribution in [2.75, 3.05) is 0 Å². The molecule has 0 bridgehead atoms. The van der Waals surface area contributed by atoms with Crippen LogP contribution in [-0.2, 0) is 0 Å². The van der Waals surface area contributed by atoms with Gasteiger partial charge in [0.15, 0.2) is 0 Å². The molecule has 0 amide bonds. The molecule has 2 atom stereocenters. The van der Waals surface area contributed by atoms with E-state index < -0.39 is 0 Å². The third-order valence-electron chi connectivity index (χ3n) is 0.916. The van der Waals surface area contributed by atoms with Gasteiger partial charge in [-0.25, -0.2) is 0 Å². The Kier molecular flexibility index (Phi) is 2.14. The molecule has 1 aliphatic heterocycles. The lowest BCUT2D eigenvalue weighted by Crippen LogP contribution is -1.78. The molecule has 0 aliphatic carbocycles. The Balaban J connectivity index is 2.26. The van der Waals surface area contributed by atoms with Crippen LogP contribution in [0.2, 0.25) is 0 Å². The number of thioether (sulfide) groups is 1. The minimum Gasteiger partial charge on any atom is -0.123 e. The zero-order valence-corrected chi connectivity index (χ0v) is 6.06. The molecule has 0 spiro atoms. The maximum absolute atomic E-state index is 5.69. The first-order valence-corrected chi connectivity index (χ1v) is 4.04. The highest BCUT2D eigenvalue weighted by Crippen LogP contribution is 2.37. The van der Waals surface area contributed by atoms with E-state index >= 15 is 0 Å². The predicted octanol–water partition coefficient (Wildman–Crippen LogP) is 2.64. The second-order valence-corrected chi connectivity index (χ2v) is 4.51. The molecule has 1 rings (SSSR count). The summed E-state index contributed by atoms with van der Waals surface area (Å²) in [6.45, 7) is 0. The van der Waals surface area contributed by atoms with Crippen LogP contribution in [0.25, 0.3) is 0 Å². The fourth-order valence-corrected chi connectivity index (χ4v) is 2.58. The zero-order valence-electron chi connectivity index (χ0n) is 3.73. The summed E-state index contributed by atoms with van der Waals surface area (Å²) < 4.78 is 0.560. The minimum atomic E-state index is 0.280. The standard InChI is InChI=1S/C4H6Cl2S/c5-3-1-2-4(6)7-3/h3-4H,1-2H2. The normalized spacial score (nSPS) is 42.0. The summed E-state index contributed by atoms with van der Waals surface area (Å²) in [7, 11) is 0. The first-order chi connectivity index (χ1) is 3.29. The molecule has 1 heterocycles. The molecule has 2 unspecified atom stereocenters. The number of hydrogen-bond donors (Lipinski definition) is 0. The molecule has 3 heteroatoms. The zero-order chi connectivity index (χ0) is 5.28. The van der Waals surface area contributed by atoms with Gasteiger partial charge in [0.25, 0.3) is 0 Å². The summed E-state index contributed by atoms with van der Waals surface area (Å²) in [4.78, 5) is 0. The third-order valence-corrected chi connectivity index (χ3v) is 3.03. The van der Waals surface area contributed by atoms with Gasteiger partial charge < -0.3 is 0 Å². The summed E-state index contributed by atoms with van der Waals surface area (Å²) in [6, 6.07) is 0. The van der Waals surface area contributed by atoms with Gasteiger partial charge in [0, 0.05) is 0 Å². The van der Waals surface area contributed by atoms with Crippen LogP contribution in [0.1, 0.15) is 12.8 Å². The third kappa shape index (κ3) is 1.71. The summed E-state index contributed by atoms with van der Waals surface area (Å²) in [6.07, 6.45) is 2.14. The molecule has 0 radical (unpaired) electrons. The van der Waals surface area contributed by atoms with Gasteiger partial charge in [-0.3, -0.25) is 0 Å². The highest BCUT2D eigenvalue weighted by atomic mass is 35.5. The topological polar surface area (TPSA) is 0 Å². The van der Waals surface area contributed by atoms with Crippen molar-refractivity contribution >= 4 is 35.0 Å². The van der Waals surface area contributed by atoms with E-state index in [0.29, 0.717) is 0 Å². The monoisotopic (exact) mass is 156 g/mol. The molecule has 7 heavy (non-hydrogen) atoms. The molecule has 1 aliphatic rings. The Bertz CT molecular complexity index is 58.7. The number of rotatable bonds is 0. The van der Waals surface area contributed by atoms with Gasteiger partial charge in [0.05, 0.1) is 9.42 Å². The molecular formula is C4H6Cl2S. The van der Waals surface area contributed by atoms with Gasteiger partial charge in [0.2, 0.25) is 0 Å². The summed E-state index contributed by atoms with van der Waals surface area (Å²) >= 11 is 13.0. The lowest BCUT2D eigenvalue weighted by molar-refractivity contribution is 0.893. The molecule has 0 N–H and O–H groups in total. The minimum absolute atomic E-state index is 0.280. The average Bonchev–Trinajstić information content (AvgIpc) is 1.87. The van der Waals surface area contributed by atoms with Crippen molar-refractivity contribution in [3.05, 3.63) is 0 Å². The highest BCUT2D eigenvalue weighted by Gasteiger charge is 2.20. The van der Waals surface area contributed by atoms with Crippen molar-refractivity contribution in [3.63, 3.8) is 0 Å². The molecule has 0 nitrogen and oxygen atoms in total. The van der Waals surface area contributed by atoms with Crippen LogP contribution in [0, 0.1) is 0 Å². The molecular weight excluding hydrogens is 151 g/mol. The van der Waals surface area contributed by atoms with Gasteiger partial charge >= 0.3 is 0 Å². The van der Waals surface area contributed by atoms with Crippen molar-refractivity contribution in [1.82, 2.24) is 0 Å². The molecule has 0 aromatic heterocycles. The van der Waals surface area contributed by atoms with Gasteiger partial charge in [-0.1, -0.05) is 0 Å². The quantitative estimate of drug-likeness (QED) is 0.487. The van der Waals surface area contributed by atoms with Crippen LogP contribution in [0.5, 0.6) is 0 Å². The first-order valence-electron chi connectivity index (χ1n) is 2.22. The SMILES string of the molecule is ClC1CCC(Cl)S1.